The monoisotopic (exact) mass is 313 g/mol. The second kappa shape index (κ2) is 6.41. The van der Waals surface area contributed by atoms with Crippen LogP contribution in [-0.4, -0.2) is 33.5 Å². The number of nitrogens with zero attached hydrogens (tertiary/aromatic N) is 1. The van der Waals surface area contributed by atoms with Crippen LogP contribution in [-0.2, 0) is 4.84 Å². The van der Waals surface area contributed by atoms with E-state index in [-0.39, 0.29) is 11.1 Å². The van der Waals surface area contributed by atoms with Crippen molar-refractivity contribution in [2.75, 3.05) is 6.61 Å². The largest absolute Gasteiger partial charge is 0.388 e. The first-order chi connectivity index (χ1) is 9.69. The number of hydroxylamine groups is 2. The first kappa shape index (κ1) is 19.9. The van der Waals surface area contributed by atoms with Gasteiger partial charge in [-0.15, -0.1) is 0 Å². The second-order valence-corrected chi connectivity index (χ2v) is 10.0. The van der Waals surface area contributed by atoms with Gasteiger partial charge in [0.1, 0.15) is 0 Å². The molecule has 0 bridgehead atoms. The fourth-order valence-corrected chi connectivity index (χ4v) is 4.11. The van der Waals surface area contributed by atoms with Crippen LogP contribution in [0.1, 0.15) is 88.0 Å². The Hall–Kier alpha value is -0.120. The van der Waals surface area contributed by atoms with Crippen LogP contribution in [0.25, 0.3) is 0 Å². The molecule has 132 valence electrons. The molecule has 0 atom stereocenters. The molecule has 1 aliphatic heterocycles. The number of hydrogen-bond donors (Lipinski definition) is 1. The summed E-state index contributed by atoms with van der Waals surface area (Å²) >= 11 is 0. The molecule has 0 aliphatic carbocycles. The van der Waals surface area contributed by atoms with E-state index in [1.165, 1.54) is 12.8 Å². The van der Waals surface area contributed by atoms with Crippen LogP contribution in [0.5, 0.6) is 0 Å². The summed E-state index contributed by atoms with van der Waals surface area (Å²) in [4.78, 5) is 6.07. The van der Waals surface area contributed by atoms with E-state index in [4.69, 9.17) is 4.84 Å². The van der Waals surface area contributed by atoms with E-state index in [9.17, 15) is 5.11 Å². The topological polar surface area (TPSA) is 32.7 Å². The van der Waals surface area contributed by atoms with Crippen LogP contribution in [0.2, 0.25) is 0 Å². The third kappa shape index (κ3) is 5.50. The molecule has 1 heterocycles. The highest BCUT2D eigenvalue weighted by atomic mass is 16.7. The lowest BCUT2D eigenvalue weighted by atomic mass is 9.69. The molecule has 1 aliphatic rings. The van der Waals surface area contributed by atoms with E-state index in [1.54, 1.807) is 13.8 Å². The Kier molecular flexibility index (Phi) is 5.81. The maximum Gasteiger partial charge on any atom is 0.0967 e. The van der Waals surface area contributed by atoms with E-state index < -0.39 is 5.60 Å². The molecule has 0 radical (unpaired) electrons. The van der Waals surface area contributed by atoms with E-state index >= 15 is 0 Å². The molecule has 0 unspecified atom stereocenters. The van der Waals surface area contributed by atoms with Crippen LogP contribution < -0.4 is 0 Å². The van der Waals surface area contributed by atoms with E-state index in [0.29, 0.717) is 12.0 Å². The zero-order chi connectivity index (χ0) is 17.4. The summed E-state index contributed by atoms with van der Waals surface area (Å²) in [6.45, 7) is 20.0. The molecule has 3 heteroatoms. The Morgan fingerprint density at radius 3 is 1.86 bits per heavy atom. The summed E-state index contributed by atoms with van der Waals surface area (Å²) in [5, 5.41) is 12.1. The van der Waals surface area contributed by atoms with Gasteiger partial charge in [-0.05, 0) is 72.1 Å². The molecule has 0 aromatic heterocycles. The molecule has 0 saturated carbocycles. The lowest BCUT2D eigenvalue weighted by molar-refractivity contribution is -0.303. The molecule has 0 amide bonds. The molecule has 0 spiro atoms. The Bertz CT molecular complexity index is 348. The minimum Gasteiger partial charge on any atom is -0.388 e. The molecule has 0 aromatic rings. The molecular weight excluding hydrogens is 274 g/mol. The van der Waals surface area contributed by atoms with Crippen LogP contribution in [0.3, 0.4) is 0 Å². The van der Waals surface area contributed by atoms with Crippen molar-refractivity contribution in [2.45, 2.75) is 105 Å². The third-order valence-electron chi connectivity index (χ3n) is 5.02. The van der Waals surface area contributed by atoms with Gasteiger partial charge in [0.15, 0.2) is 0 Å². The van der Waals surface area contributed by atoms with Crippen molar-refractivity contribution in [1.82, 2.24) is 5.06 Å². The highest BCUT2D eigenvalue weighted by molar-refractivity contribution is 4.97. The molecule has 1 fully saturated rings. The van der Waals surface area contributed by atoms with Gasteiger partial charge >= 0.3 is 0 Å². The molecule has 1 rings (SSSR count). The van der Waals surface area contributed by atoms with Gasteiger partial charge in [-0.2, -0.15) is 5.06 Å². The minimum atomic E-state index is -0.798. The highest BCUT2D eigenvalue weighted by Gasteiger charge is 2.47. The second-order valence-electron chi connectivity index (χ2n) is 10.0. The van der Waals surface area contributed by atoms with Gasteiger partial charge < -0.3 is 5.11 Å². The van der Waals surface area contributed by atoms with Crippen LogP contribution in [0.15, 0.2) is 0 Å². The van der Waals surface area contributed by atoms with Crippen LogP contribution in [0.4, 0.5) is 0 Å². The Balaban J connectivity index is 2.84. The number of hydrogen-bond acceptors (Lipinski definition) is 3. The van der Waals surface area contributed by atoms with Gasteiger partial charge in [0, 0.05) is 11.1 Å². The quantitative estimate of drug-likeness (QED) is 0.765. The predicted octanol–water partition coefficient (Wildman–Crippen LogP) is 4.78. The number of piperidine rings is 1. The van der Waals surface area contributed by atoms with Crippen molar-refractivity contribution >= 4 is 0 Å². The van der Waals surface area contributed by atoms with E-state index in [1.807, 2.05) is 0 Å². The van der Waals surface area contributed by atoms with Gasteiger partial charge in [0.2, 0.25) is 0 Å². The SMILES string of the molecule is CCC(C)(C)CC1CC(C)(C)N(OCC(C)(C)O)C(C)(C)C1. The summed E-state index contributed by atoms with van der Waals surface area (Å²) in [6.07, 6.45) is 4.79. The van der Waals surface area contributed by atoms with Crippen molar-refractivity contribution in [3.05, 3.63) is 0 Å². The van der Waals surface area contributed by atoms with Crippen molar-refractivity contribution in [3.63, 3.8) is 0 Å². The zero-order valence-electron chi connectivity index (χ0n) is 16.4. The zero-order valence-corrected chi connectivity index (χ0v) is 16.4. The standard InChI is InChI=1S/C19H39NO2/c1-10-16(2,3)11-15-12-17(4,5)20(18(6,7)13-15)22-14-19(8,9)21/h15,21H,10-14H2,1-9H3. The van der Waals surface area contributed by atoms with Gasteiger partial charge in [0.25, 0.3) is 0 Å². The van der Waals surface area contributed by atoms with Crippen molar-refractivity contribution in [3.8, 4) is 0 Å². The fraction of sp³-hybridized carbons (Fsp3) is 1.00. The number of rotatable bonds is 6. The predicted molar refractivity (Wildman–Crippen MR) is 93.7 cm³/mol. The Labute approximate surface area is 138 Å². The Morgan fingerprint density at radius 1 is 1.05 bits per heavy atom. The molecule has 3 nitrogen and oxygen atoms in total. The molecule has 1 N–H and O–H groups in total. The lowest BCUT2D eigenvalue weighted by Crippen LogP contribution is -2.61. The van der Waals surface area contributed by atoms with Gasteiger partial charge in [-0.3, -0.25) is 4.84 Å². The molecule has 22 heavy (non-hydrogen) atoms. The normalized spacial score (nSPS) is 23.7. The average molecular weight is 314 g/mol. The highest BCUT2D eigenvalue weighted by Crippen LogP contribution is 2.46. The van der Waals surface area contributed by atoms with Crippen molar-refractivity contribution in [2.24, 2.45) is 11.3 Å². The fourth-order valence-electron chi connectivity index (χ4n) is 4.11. The minimum absolute atomic E-state index is 0.0124. The maximum absolute atomic E-state index is 9.97. The van der Waals surface area contributed by atoms with Crippen molar-refractivity contribution < 1.29 is 9.94 Å². The third-order valence-corrected chi connectivity index (χ3v) is 5.02. The first-order valence-electron chi connectivity index (χ1n) is 8.84. The molecule has 0 aromatic carbocycles. The van der Waals surface area contributed by atoms with Gasteiger partial charge in [-0.25, -0.2) is 0 Å². The summed E-state index contributed by atoms with van der Waals surface area (Å²) in [5.41, 5.74) is -0.414. The summed E-state index contributed by atoms with van der Waals surface area (Å²) < 4.78 is 0. The average Bonchev–Trinajstić information content (AvgIpc) is 2.22. The maximum atomic E-state index is 9.97. The Morgan fingerprint density at radius 2 is 1.50 bits per heavy atom. The smallest absolute Gasteiger partial charge is 0.0967 e. The molecular formula is C19H39NO2. The van der Waals surface area contributed by atoms with Crippen LogP contribution >= 0.6 is 0 Å². The van der Waals surface area contributed by atoms with E-state index in [0.717, 1.165) is 18.8 Å². The van der Waals surface area contributed by atoms with Crippen LogP contribution in [0, 0.1) is 11.3 Å². The van der Waals surface area contributed by atoms with Gasteiger partial charge in [-0.1, -0.05) is 27.2 Å². The first-order valence-corrected chi connectivity index (χ1v) is 8.84. The van der Waals surface area contributed by atoms with Crippen molar-refractivity contribution in [1.29, 1.82) is 0 Å². The summed E-state index contributed by atoms with van der Waals surface area (Å²) in [6, 6.07) is 0. The summed E-state index contributed by atoms with van der Waals surface area (Å²) in [7, 11) is 0. The molecule has 1 saturated heterocycles. The van der Waals surface area contributed by atoms with E-state index in [2.05, 4.69) is 53.5 Å². The number of aliphatic hydroxyl groups is 1. The summed E-state index contributed by atoms with van der Waals surface area (Å²) in [5.74, 6) is 0.724. The lowest BCUT2D eigenvalue weighted by Gasteiger charge is -2.55. The van der Waals surface area contributed by atoms with Gasteiger partial charge in [0.05, 0.1) is 12.2 Å².